The Kier molecular flexibility index (Phi) is 41.3. The van der Waals surface area contributed by atoms with Crippen molar-refractivity contribution in [2.75, 3.05) is 13.2 Å². The van der Waals surface area contributed by atoms with Crippen LogP contribution in [0, 0.1) is 0 Å². The van der Waals surface area contributed by atoms with Crippen molar-refractivity contribution in [3.8, 4) is 0 Å². The van der Waals surface area contributed by atoms with Crippen molar-refractivity contribution >= 4 is 0 Å². The lowest BCUT2D eigenvalue weighted by Gasteiger charge is -2.06. The maximum Gasteiger partial charge on any atom is 0.0466 e. The fraction of sp³-hybridized carbons (Fsp3) is 1.00. The van der Waals surface area contributed by atoms with Gasteiger partial charge >= 0.3 is 0 Å². The Balaban J connectivity index is 2.00. The molecular formula is C47H94O. The van der Waals surface area contributed by atoms with Gasteiger partial charge in [0.15, 0.2) is 0 Å². The molecule has 0 atom stereocenters. The zero-order chi connectivity index (χ0) is 33.9. The van der Waals surface area contributed by atoms with E-state index in [2.05, 4.69) is 0 Å². The minimum Gasteiger partial charge on any atom is -0.381 e. The molecule has 1 heterocycles. The molecule has 0 bridgehead atoms. The quantitative estimate of drug-likeness (QED) is 0.248. The Morgan fingerprint density at radius 3 is 0.292 bits per heavy atom. The van der Waals surface area contributed by atoms with E-state index in [0.717, 1.165) is 13.2 Å². The molecule has 0 radical (unpaired) electrons. The normalized spacial score (nSPS) is 24.0. The second kappa shape index (κ2) is 43.1. The lowest BCUT2D eigenvalue weighted by atomic mass is 10.0. The van der Waals surface area contributed by atoms with Crippen molar-refractivity contribution in [2.24, 2.45) is 0 Å². The average molecular weight is 675 g/mol. The smallest absolute Gasteiger partial charge is 0.0466 e. The van der Waals surface area contributed by atoms with E-state index in [1.54, 1.807) is 0 Å². The summed E-state index contributed by atoms with van der Waals surface area (Å²) in [4.78, 5) is 0. The molecule has 0 amide bonds. The Bertz CT molecular complexity index is 275. The highest BCUT2D eigenvalue weighted by Gasteiger charge is 1.99. The Morgan fingerprint density at radius 1 is 0.104 bits per heavy atom. The van der Waals surface area contributed by atoms with Crippen LogP contribution in [0.25, 0.3) is 0 Å². The van der Waals surface area contributed by atoms with Gasteiger partial charge in [-0.2, -0.15) is 0 Å². The molecule has 0 unspecified atom stereocenters. The van der Waals surface area contributed by atoms with E-state index in [4.69, 9.17) is 4.74 Å². The summed E-state index contributed by atoms with van der Waals surface area (Å²) in [6.45, 7) is 2.00. The van der Waals surface area contributed by atoms with Crippen molar-refractivity contribution in [3.05, 3.63) is 0 Å². The summed E-state index contributed by atoms with van der Waals surface area (Å²) in [5.41, 5.74) is 0. The van der Waals surface area contributed by atoms with Gasteiger partial charge in [0.2, 0.25) is 0 Å². The molecule has 1 heteroatoms. The fourth-order valence-corrected chi connectivity index (χ4v) is 8.11. The molecule has 1 fully saturated rings. The van der Waals surface area contributed by atoms with Gasteiger partial charge in [-0.25, -0.2) is 0 Å². The summed E-state index contributed by atoms with van der Waals surface area (Å²) < 4.78 is 5.92. The summed E-state index contributed by atoms with van der Waals surface area (Å²) in [7, 11) is 0. The van der Waals surface area contributed by atoms with Gasteiger partial charge in [-0.05, 0) is 12.8 Å². The van der Waals surface area contributed by atoms with E-state index < -0.39 is 0 Å². The largest absolute Gasteiger partial charge is 0.381 e. The van der Waals surface area contributed by atoms with Crippen molar-refractivity contribution in [1.82, 2.24) is 0 Å². The molecule has 0 saturated carbocycles. The van der Waals surface area contributed by atoms with Crippen LogP contribution >= 0.6 is 0 Å². The monoisotopic (exact) mass is 675 g/mol. The number of rotatable bonds is 0. The Morgan fingerprint density at radius 2 is 0.188 bits per heavy atom. The van der Waals surface area contributed by atoms with Crippen LogP contribution < -0.4 is 0 Å². The summed E-state index contributed by atoms with van der Waals surface area (Å²) in [6, 6.07) is 0. The second-order valence-electron chi connectivity index (χ2n) is 16.5. The number of ether oxygens (including phenoxy) is 1. The SMILES string of the molecule is C1CCCCCCCCCCCCCCCCCCCCCCCOCCCCCCCCCCCCCCCCCCCCCCC1. The van der Waals surface area contributed by atoms with Gasteiger partial charge in [0.1, 0.15) is 0 Å². The highest BCUT2D eigenvalue weighted by atomic mass is 16.5. The molecule has 288 valence electrons. The van der Waals surface area contributed by atoms with Gasteiger partial charge < -0.3 is 4.74 Å². The van der Waals surface area contributed by atoms with Crippen LogP contribution in [0.15, 0.2) is 0 Å². The Labute approximate surface area is 306 Å². The fourth-order valence-electron chi connectivity index (χ4n) is 8.11. The van der Waals surface area contributed by atoms with E-state index in [9.17, 15) is 0 Å². The van der Waals surface area contributed by atoms with E-state index in [0.29, 0.717) is 0 Å². The van der Waals surface area contributed by atoms with E-state index in [-0.39, 0.29) is 0 Å². The third-order valence-electron chi connectivity index (χ3n) is 11.6. The predicted molar refractivity (Wildman–Crippen MR) is 219 cm³/mol. The van der Waals surface area contributed by atoms with Crippen molar-refractivity contribution in [1.29, 1.82) is 0 Å². The number of hydrogen-bond donors (Lipinski definition) is 0. The first-order valence-corrected chi connectivity index (χ1v) is 23.6. The van der Waals surface area contributed by atoms with E-state index in [1.807, 2.05) is 0 Å². The maximum absolute atomic E-state index is 5.92. The molecule has 1 saturated heterocycles. The van der Waals surface area contributed by atoms with Crippen molar-refractivity contribution in [3.63, 3.8) is 0 Å². The maximum atomic E-state index is 5.92. The van der Waals surface area contributed by atoms with Crippen molar-refractivity contribution in [2.45, 2.75) is 289 Å². The molecule has 1 aliphatic rings. The average Bonchev–Trinajstić information content (AvgIpc) is 3.10. The van der Waals surface area contributed by atoms with Crippen molar-refractivity contribution < 1.29 is 4.74 Å². The van der Waals surface area contributed by atoms with Crippen LogP contribution in [0.4, 0.5) is 0 Å². The summed E-state index contributed by atoms with van der Waals surface area (Å²) in [6.07, 6.45) is 66.1. The second-order valence-corrected chi connectivity index (χ2v) is 16.5. The third-order valence-corrected chi connectivity index (χ3v) is 11.6. The van der Waals surface area contributed by atoms with Crippen LogP contribution in [0.5, 0.6) is 0 Å². The standard InChI is InChI=1S/C47H94O/c1-2-4-6-8-10-12-14-16-18-20-22-24-26-28-30-32-34-36-38-40-42-44-46-48-47-45-43-41-39-37-35-33-31-29-27-25-23-21-19-17-15-13-11-9-7-5-3-1/h1-47H2. The first-order valence-electron chi connectivity index (χ1n) is 23.6. The number of hydrogen-bond acceptors (Lipinski definition) is 1. The Hall–Kier alpha value is -0.0400. The first kappa shape index (κ1) is 46.0. The molecule has 1 nitrogen and oxygen atoms in total. The molecule has 1 aliphatic heterocycles. The molecule has 48 heavy (non-hydrogen) atoms. The van der Waals surface area contributed by atoms with Crippen LogP contribution in [-0.4, -0.2) is 13.2 Å². The third kappa shape index (κ3) is 40.4. The topological polar surface area (TPSA) is 9.23 Å². The lowest BCUT2D eigenvalue weighted by Crippen LogP contribution is -1.97. The van der Waals surface area contributed by atoms with Gasteiger partial charge in [-0.15, -0.1) is 0 Å². The van der Waals surface area contributed by atoms with Crippen LogP contribution in [-0.2, 0) is 4.74 Å². The molecule has 0 aromatic carbocycles. The van der Waals surface area contributed by atoms with Gasteiger partial charge in [0.25, 0.3) is 0 Å². The summed E-state index contributed by atoms with van der Waals surface area (Å²) >= 11 is 0. The predicted octanol–water partition coefficient (Wildman–Crippen LogP) is 17.6. The van der Waals surface area contributed by atoms with E-state index in [1.165, 1.54) is 289 Å². The molecule has 0 spiro atoms. The molecule has 0 aliphatic carbocycles. The minimum atomic E-state index is 1.00. The highest BCUT2D eigenvalue weighted by Crippen LogP contribution is 2.18. The molecule has 0 aromatic heterocycles. The summed E-state index contributed by atoms with van der Waals surface area (Å²) in [5.74, 6) is 0. The first-order chi connectivity index (χ1) is 24.0. The van der Waals surface area contributed by atoms with Gasteiger partial charge in [0, 0.05) is 13.2 Å². The minimum absolute atomic E-state index is 1.00. The summed E-state index contributed by atoms with van der Waals surface area (Å²) in [5, 5.41) is 0. The lowest BCUT2D eigenvalue weighted by molar-refractivity contribution is 0.125. The van der Waals surface area contributed by atoms with Gasteiger partial charge in [0.05, 0.1) is 0 Å². The van der Waals surface area contributed by atoms with Crippen LogP contribution in [0.3, 0.4) is 0 Å². The van der Waals surface area contributed by atoms with Gasteiger partial charge in [-0.1, -0.05) is 276 Å². The molecule has 1 rings (SSSR count). The molecule has 0 aromatic rings. The zero-order valence-corrected chi connectivity index (χ0v) is 33.6. The van der Waals surface area contributed by atoms with Crippen LogP contribution in [0.1, 0.15) is 289 Å². The van der Waals surface area contributed by atoms with Gasteiger partial charge in [-0.3, -0.25) is 0 Å². The van der Waals surface area contributed by atoms with Crippen LogP contribution in [0.2, 0.25) is 0 Å². The zero-order valence-electron chi connectivity index (χ0n) is 33.6. The molecule has 0 N–H and O–H groups in total. The highest BCUT2D eigenvalue weighted by molar-refractivity contribution is 4.54. The molecular weight excluding hydrogens is 581 g/mol. The van der Waals surface area contributed by atoms with E-state index >= 15 is 0 Å².